The summed E-state index contributed by atoms with van der Waals surface area (Å²) in [4.78, 5) is 18.9. The van der Waals surface area contributed by atoms with E-state index in [0.29, 0.717) is 40.2 Å². The molecule has 0 saturated carbocycles. The number of amides is 1. The fourth-order valence-electron chi connectivity index (χ4n) is 3.70. The number of carbonyl (C=O) groups is 1. The molecule has 0 unspecified atom stereocenters. The zero-order valence-electron chi connectivity index (χ0n) is 16.8. The lowest BCUT2D eigenvalue weighted by Crippen LogP contribution is -2.38. The summed E-state index contributed by atoms with van der Waals surface area (Å²) >= 11 is 7.68. The fraction of sp³-hybridized carbons (Fsp3) is 0.579. The number of halogens is 1. The Balaban J connectivity index is 2.10. The first kappa shape index (κ1) is 22.2. The van der Waals surface area contributed by atoms with Gasteiger partial charge in [0.2, 0.25) is 0 Å². The number of anilines is 1. The van der Waals surface area contributed by atoms with Crippen LogP contribution in [0, 0.1) is 5.92 Å². The third kappa shape index (κ3) is 4.36. The zero-order chi connectivity index (χ0) is 21.3. The van der Waals surface area contributed by atoms with E-state index in [-0.39, 0.29) is 34.6 Å². The van der Waals surface area contributed by atoms with Gasteiger partial charge in [0.1, 0.15) is 11.5 Å². The molecule has 2 heterocycles. The molecule has 3 rings (SSSR count). The van der Waals surface area contributed by atoms with Gasteiger partial charge in [-0.2, -0.15) is 4.99 Å². The minimum Gasteiger partial charge on any atom is -0.495 e. The molecule has 160 valence electrons. The minimum atomic E-state index is -3.17. The van der Waals surface area contributed by atoms with E-state index in [1.807, 2.05) is 13.8 Å². The Bertz CT molecular complexity index is 931. The van der Waals surface area contributed by atoms with Crippen molar-refractivity contribution in [1.82, 2.24) is 0 Å². The number of carbonyl (C=O) groups excluding carboxylic acids is 1. The van der Waals surface area contributed by atoms with E-state index in [1.54, 1.807) is 17.0 Å². The van der Waals surface area contributed by atoms with Gasteiger partial charge in [-0.05, 0) is 18.9 Å². The number of sulfone groups is 1. The molecule has 0 radical (unpaired) electrons. The van der Waals surface area contributed by atoms with Crippen LogP contribution in [0.4, 0.5) is 5.69 Å². The third-order valence-corrected chi connectivity index (χ3v) is 8.83. The summed E-state index contributed by atoms with van der Waals surface area (Å²) in [6, 6.07) is 2.99. The van der Waals surface area contributed by atoms with Crippen LogP contribution in [0.25, 0.3) is 0 Å². The quantitative estimate of drug-likeness (QED) is 0.643. The lowest BCUT2D eigenvalue weighted by molar-refractivity contribution is -0.121. The normalized spacial score (nSPS) is 24.2. The van der Waals surface area contributed by atoms with Crippen LogP contribution in [0.2, 0.25) is 5.02 Å². The first-order valence-electron chi connectivity index (χ1n) is 9.44. The number of hydrogen-bond acceptors (Lipinski definition) is 6. The summed E-state index contributed by atoms with van der Waals surface area (Å²) in [6.45, 7) is 3.92. The summed E-state index contributed by atoms with van der Waals surface area (Å²) in [7, 11) is -0.142. The number of thioether (sulfide) groups is 1. The largest absolute Gasteiger partial charge is 0.495 e. The van der Waals surface area contributed by atoms with Crippen LogP contribution in [0.3, 0.4) is 0 Å². The van der Waals surface area contributed by atoms with Crippen LogP contribution < -0.4 is 14.4 Å². The number of fused-ring (bicyclic) bond motifs is 1. The summed E-state index contributed by atoms with van der Waals surface area (Å²) in [5.74, 6) is 0.624. The van der Waals surface area contributed by atoms with Crippen LogP contribution in [0.1, 0.15) is 26.7 Å². The summed E-state index contributed by atoms with van der Waals surface area (Å²) in [5, 5.41) is 0.661. The molecule has 0 aromatic heterocycles. The van der Waals surface area contributed by atoms with Gasteiger partial charge in [-0.25, -0.2) is 8.42 Å². The Kier molecular flexibility index (Phi) is 6.70. The first-order valence-corrected chi connectivity index (χ1v) is 12.5. The van der Waals surface area contributed by atoms with E-state index < -0.39 is 9.84 Å². The maximum Gasteiger partial charge on any atom is 0.251 e. The second-order valence-corrected chi connectivity index (χ2v) is 10.8. The van der Waals surface area contributed by atoms with Crippen LogP contribution in [0.15, 0.2) is 17.1 Å². The molecule has 7 nitrogen and oxygen atoms in total. The van der Waals surface area contributed by atoms with Crippen molar-refractivity contribution in [3.63, 3.8) is 0 Å². The molecule has 0 N–H and O–H groups in total. The lowest BCUT2D eigenvalue weighted by Gasteiger charge is -2.27. The van der Waals surface area contributed by atoms with Crippen molar-refractivity contribution < 1.29 is 22.7 Å². The highest BCUT2D eigenvalue weighted by atomic mass is 35.5. The maximum atomic E-state index is 12.7. The Morgan fingerprint density at radius 1 is 1.24 bits per heavy atom. The first-order chi connectivity index (χ1) is 13.7. The highest BCUT2D eigenvalue weighted by Crippen LogP contribution is 2.46. The van der Waals surface area contributed by atoms with E-state index in [0.717, 1.165) is 0 Å². The smallest absolute Gasteiger partial charge is 0.251 e. The van der Waals surface area contributed by atoms with Gasteiger partial charge in [0.05, 0.1) is 42.5 Å². The van der Waals surface area contributed by atoms with E-state index in [2.05, 4.69) is 4.99 Å². The minimum absolute atomic E-state index is 0.00430. The van der Waals surface area contributed by atoms with Gasteiger partial charge in [0.15, 0.2) is 15.0 Å². The second kappa shape index (κ2) is 8.73. The summed E-state index contributed by atoms with van der Waals surface area (Å²) in [5.41, 5.74) is 0.575. The van der Waals surface area contributed by atoms with E-state index >= 15 is 0 Å². The maximum absolute atomic E-state index is 12.7. The van der Waals surface area contributed by atoms with Gasteiger partial charge in [-0.3, -0.25) is 4.79 Å². The number of amidine groups is 1. The number of nitrogens with zero attached hydrogens (tertiary/aromatic N) is 2. The molecule has 10 heteroatoms. The highest BCUT2D eigenvalue weighted by Gasteiger charge is 2.50. The molecular weight excluding hydrogens is 436 g/mol. The van der Waals surface area contributed by atoms with Gasteiger partial charge in [0, 0.05) is 17.2 Å². The molecule has 2 fully saturated rings. The Hall–Kier alpha value is -1.45. The van der Waals surface area contributed by atoms with E-state index in [9.17, 15) is 13.2 Å². The Morgan fingerprint density at radius 3 is 2.48 bits per heavy atom. The molecule has 2 atom stereocenters. The van der Waals surface area contributed by atoms with Crippen LogP contribution in [0.5, 0.6) is 11.5 Å². The van der Waals surface area contributed by atoms with Crippen molar-refractivity contribution in [2.24, 2.45) is 10.9 Å². The molecule has 2 saturated heterocycles. The predicted molar refractivity (Wildman–Crippen MR) is 117 cm³/mol. The SMILES string of the molecule is CCC(CC)C(=O)N=C1S[C@@H]2CS(=O)(=O)C[C@H]2N1c1cc(Cl)c(OC)cc1OC. The zero-order valence-corrected chi connectivity index (χ0v) is 19.2. The standard InChI is InChI=1S/C19H25ClN2O5S2/c1-5-11(6-2)18(23)21-19-22(14-9-29(24,25)10-17(14)28-19)13-7-12(20)15(26-3)8-16(13)27-4/h7-8,11,14,17H,5-6,9-10H2,1-4H3/t14-,17-/m1/s1. The average molecular weight is 461 g/mol. The summed E-state index contributed by atoms with van der Waals surface area (Å²) in [6.07, 6.45) is 1.41. The number of hydrogen-bond donors (Lipinski definition) is 0. The average Bonchev–Trinajstić information content (AvgIpc) is 3.13. The van der Waals surface area contributed by atoms with Crippen LogP contribution in [-0.2, 0) is 14.6 Å². The van der Waals surface area contributed by atoms with E-state index in [4.69, 9.17) is 21.1 Å². The third-order valence-electron chi connectivity index (χ3n) is 5.32. The molecule has 1 amide bonds. The van der Waals surface area contributed by atoms with Gasteiger partial charge >= 0.3 is 0 Å². The van der Waals surface area contributed by atoms with Crippen molar-refractivity contribution in [3.8, 4) is 11.5 Å². The van der Waals surface area contributed by atoms with Gasteiger partial charge in [0.25, 0.3) is 5.91 Å². The molecule has 1 aromatic carbocycles. The van der Waals surface area contributed by atoms with Crippen LogP contribution in [-0.4, -0.2) is 56.5 Å². The van der Waals surface area contributed by atoms with Crippen molar-refractivity contribution >= 4 is 50.0 Å². The molecular formula is C19H25ClN2O5S2. The highest BCUT2D eigenvalue weighted by molar-refractivity contribution is 8.16. The van der Waals surface area contributed by atoms with Crippen molar-refractivity contribution in [3.05, 3.63) is 17.2 Å². The van der Waals surface area contributed by atoms with Crippen molar-refractivity contribution in [1.29, 1.82) is 0 Å². The molecule has 0 aliphatic carbocycles. The van der Waals surface area contributed by atoms with Crippen molar-refractivity contribution in [2.45, 2.75) is 38.0 Å². The number of methoxy groups -OCH3 is 2. The Labute approximate surface area is 180 Å². The van der Waals surface area contributed by atoms with Crippen molar-refractivity contribution in [2.75, 3.05) is 30.6 Å². The van der Waals surface area contributed by atoms with E-state index in [1.165, 1.54) is 26.0 Å². The van der Waals surface area contributed by atoms with Gasteiger partial charge < -0.3 is 14.4 Å². The van der Waals surface area contributed by atoms with Crippen LogP contribution >= 0.6 is 23.4 Å². The molecule has 29 heavy (non-hydrogen) atoms. The topological polar surface area (TPSA) is 85.3 Å². The van der Waals surface area contributed by atoms with Gasteiger partial charge in [-0.1, -0.05) is 37.2 Å². The fourth-order valence-corrected chi connectivity index (χ4v) is 7.85. The summed E-state index contributed by atoms with van der Waals surface area (Å²) < 4.78 is 35.3. The lowest BCUT2D eigenvalue weighted by atomic mass is 10.0. The molecule has 2 aliphatic heterocycles. The number of rotatable bonds is 6. The Morgan fingerprint density at radius 2 is 1.90 bits per heavy atom. The monoisotopic (exact) mass is 460 g/mol. The molecule has 0 bridgehead atoms. The second-order valence-electron chi connectivity index (χ2n) is 7.08. The predicted octanol–water partition coefficient (Wildman–Crippen LogP) is 3.39. The number of benzene rings is 1. The van der Waals surface area contributed by atoms with Gasteiger partial charge in [-0.15, -0.1) is 0 Å². The molecule has 1 aromatic rings. The number of ether oxygens (including phenoxy) is 2. The molecule has 2 aliphatic rings. The molecule has 0 spiro atoms. The number of aliphatic imine (C=N–C) groups is 1.